The van der Waals surface area contributed by atoms with Gasteiger partial charge >= 0.3 is 0 Å². The molecule has 1 aromatic rings. The van der Waals surface area contributed by atoms with Crippen LogP contribution in [0, 0.1) is 5.92 Å². The van der Waals surface area contributed by atoms with E-state index in [2.05, 4.69) is 4.98 Å². The van der Waals surface area contributed by atoms with Crippen molar-refractivity contribution in [2.24, 2.45) is 5.92 Å². The van der Waals surface area contributed by atoms with Crippen LogP contribution in [-0.2, 0) is 0 Å². The normalized spacial score (nSPS) is 25.8. The fourth-order valence-electron chi connectivity index (χ4n) is 1.90. The monoisotopic (exact) mass is 242 g/mol. The number of aliphatic hydroxyl groups is 1. The van der Waals surface area contributed by atoms with Gasteiger partial charge in [0.05, 0.1) is 11.1 Å². The maximum atomic E-state index is 12.0. The van der Waals surface area contributed by atoms with Gasteiger partial charge < -0.3 is 15.0 Å². The van der Waals surface area contributed by atoms with Gasteiger partial charge in [-0.3, -0.25) is 4.79 Å². The van der Waals surface area contributed by atoms with E-state index in [9.17, 15) is 9.90 Å². The lowest BCUT2D eigenvalue weighted by molar-refractivity contribution is 0.0245. The Morgan fingerprint density at radius 2 is 2.44 bits per heavy atom. The van der Waals surface area contributed by atoms with Gasteiger partial charge in [-0.25, -0.2) is 0 Å². The Labute approximate surface area is 99.2 Å². The van der Waals surface area contributed by atoms with Crippen molar-refractivity contribution < 1.29 is 9.90 Å². The zero-order valence-electron chi connectivity index (χ0n) is 9.11. The van der Waals surface area contributed by atoms with Crippen LogP contribution >= 0.6 is 11.6 Å². The summed E-state index contributed by atoms with van der Waals surface area (Å²) in [4.78, 5) is 16.5. The minimum atomic E-state index is -0.428. The maximum Gasteiger partial charge on any atom is 0.270 e. The number of nitrogens with zero attached hydrogens (tertiary/aromatic N) is 1. The maximum absolute atomic E-state index is 12.0. The van der Waals surface area contributed by atoms with Crippen molar-refractivity contribution in [1.82, 2.24) is 9.88 Å². The van der Waals surface area contributed by atoms with Gasteiger partial charge in [0.15, 0.2) is 0 Å². The third-order valence-electron chi connectivity index (χ3n) is 3.08. The quantitative estimate of drug-likeness (QED) is 0.784. The number of H-pyrrole nitrogens is 1. The Morgan fingerprint density at radius 3 is 3.00 bits per heavy atom. The molecule has 0 radical (unpaired) electrons. The molecule has 1 amide bonds. The van der Waals surface area contributed by atoms with E-state index in [4.69, 9.17) is 11.6 Å². The molecule has 1 aromatic heterocycles. The number of aliphatic hydroxyl groups excluding tert-OH is 1. The average molecular weight is 243 g/mol. The SMILES string of the molecule is CC1CCN(C(=O)c2cc(Cl)c[nH]2)CC1O. The van der Waals surface area contributed by atoms with Gasteiger partial charge in [0.25, 0.3) is 5.91 Å². The summed E-state index contributed by atoms with van der Waals surface area (Å²) in [6.07, 6.45) is 1.99. The van der Waals surface area contributed by atoms with Gasteiger partial charge in [-0.05, 0) is 18.4 Å². The summed E-state index contributed by atoms with van der Waals surface area (Å²) >= 11 is 5.74. The predicted octanol–water partition coefficient (Wildman–Crippen LogP) is 1.51. The first-order chi connectivity index (χ1) is 7.58. The number of β-amino-alcohol motifs (C(OH)–C–C–N with tert-alkyl or cyclic N) is 1. The summed E-state index contributed by atoms with van der Waals surface area (Å²) in [5.74, 6) is 0.161. The van der Waals surface area contributed by atoms with Gasteiger partial charge in [0.1, 0.15) is 5.69 Å². The lowest BCUT2D eigenvalue weighted by Crippen LogP contribution is -2.45. The molecular formula is C11H15ClN2O2. The van der Waals surface area contributed by atoms with Crippen molar-refractivity contribution >= 4 is 17.5 Å². The average Bonchev–Trinajstić information content (AvgIpc) is 2.68. The summed E-state index contributed by atoms with van der Waals surface area (Å²) in [5.41, 5.74) is 0.478. The summed E-state index contributed by atoms with van der Waals surface area (Å²) in [7, 11) is 0. The van der Waals surface area contributed by atoms with Crippen LogP contribution in [0.15, 0.2) is 12.3 Å². The third kappa shape index (κ3) is 2.23. The molecule has 88 valence electrons. The molecule has 16 heavy (non-hydrogen) atoms. The third-order valence-corrected chi connectivity index (χ3v) is 3.30. The molecule has 5 heteroatoms. The van der Waals surface area contributed by atoms with Crippen LogP contribution in [0.3, 0.4) is 0 Å². The number of carbonyl (C=O) groups is 1. The first kappa shape index (κ1) is 11.5. The van der Waals surface area contributed by atoms with Crippen LogP contribution < -0.4 is 0 Å². The van der Waals surface area contributed by atoms with E-state index in [0.717, 1.165) is 6.42 Å². The number of piperidine rings is 1. The first-order valence-corrected chi connectivity index (χ1v) is 5.77. The molecule has 0 aromatic carbocycles. The molecule has 1 fully saturated rings. The Hall–Kier alpha value is -1.00. The molecule has 1 aliphatic heterocycles. The van der Waals surface area contributed by atoms with Gasteiger partial charge in [0, 0.05) is 19.3 Å². The van der Waals surface area contributed by atoms with E-state index in [1.807, 2.05) is 6.92 Å². The van der Waals surface area contributed by atoms with E-state index < -0.39 is 6.10 Å². The number of aromatic amines is 1. The Balaban J connectivity index is 2.06. The van der Waals surface area contributed by atoms with E-state index in [1.54, 1.807) is 17.2 Å². The largest absolute Gasteiger partial charge is 0.391 e. The van der Waals surface area contributed by atoms with Gasteiger partial charge in [-0.1, -0.05) is 18.5 Å². The molecule has 1 saturated heterocycles. The van der Waals surface area contributed by atoms with Gasteiger partial charge in [0.2, 0.25) is 0 Å². The minimum Gasteiger partial charge on any atom is -0.391 e. The lowest BCUT2D eigenvalue weighted by atomic mass is 9.96. The van der Waals surface area contributed by atoms with Crippen LogP contribution in [0.25, 0.3) is 0 Å². The molecule has 2 heterocycles. The summed E-state index contributed by atoms with van der Waals surface area (Å²) in [5, 5.41) is 10.2. The molecule has 2 unspecified atom stereocenters. The summed E-state index contributed by atoms with van der Waals surface area (Å²) in [6.45, 7) is 3.09. The van der Waals surface area contributed by atoms with Crippen LogP contribution in [0.1, 0.15) is 23.8 Å². The fraction of sp³-hybridized carbons (Fsp3) is 0.545. The molecule has 2 atom stereocenters. The molecule has 1 aliphatic rings. The molecule has 2 rings (SSSR count). The molecule has 0 saturated carbocycles. The second-order valence-corrected chi connectivity index (χ2v) is 4.75. The van der Waals surface area contributed by atoms with Crippen LogP contribution in [0.2, 0.25) is 5.02 Å². The number of carbonyl (C=O) groups excluding carboxylic acids is 1. The Bertz CT molecular complexity index is 391. The molecule has 0 aliphatic carbocycles. The Kier molecular flexibility index (Phi) is 3.21. The number of aromatic nitrogens is 1. The van der Waals surface area contributed by atoms with Crippen LogP contribution in [0.5, 0.6) is 0 Å². The van der Waals surface area contributed by atoms with Crippen molar-refractivity contribution in [1.29, 1.82) is 0 Å². The van der Waals surface area contributed by atoms with E-state index in [0.29, 0.717) is 23.8 Å². The van der Waals surface area contributed by atoms with Gasteiger partial charge in [-0.2, -0.15) is 0 Å². The highest BCUT2D eigenvalue weighted by molar-refractivity contribution is 6.30. The zero-order chi connectivity index (χ0) is 11.7. The number of nitrogens with one attached hydrogen (secondary N) is 1. The molecule has 0 spiro atoms. The summed E-state index contributed by atoms with van der Waals surface area (Å²) in [6, 6.07) is 1.61. The van der Waals surface area contributed by atoms with Crippen molar-refractivity contribution in [3.05, 3.63) is 23.0 Å². The van der Waals surface area contributed by atoms with Crippen molar-refractivity contribution in [3.8, 4) is 0 Å². The highest BCUT2D eigenvalue weighted by Crippen LogP contribution is 2.19. The highest BCUT2D eigenvalue weighted by Gasteiger charge is 2.28. The highest BCUT2D eigenvalue weighted by atomic mass is 35.5. The number of amides is 1. The fourth-order valence-corrected chi connectivity index (χ4v) is 2.06. The first-order valence-electron chi connectivity index (χ1n) is 5.39. The number of hydrogen-bond donors (Lipinski definition) is 2. The number of rotatable bonds is 1. The second-order valence-electron chi connectivity index (χ2n) is 4.32. The second kappa shape index (κ2) is 4.47. The van der Waals surface area contributed by atoms with Gasteiger partial charge in [-0.15, -0.1) is 0 Å². The molecule has 2 N–H and O–H groups in total. The molecular weight excluding hydrogens is 228 g/mol. The standard InChI is InChI=1S/C11H15ClN2O2/c1-7-2-3-14(6-10(7)15)11(16)9-4-8(12)5-13-9/h4-5,7,10,13,15H,2-3,6H2,1H3. The number of halogens is 1. The summed E-state index contributed by atoms with van der Waals surface area (Å²) < 4.78 is 0. The van der Waals surface area contributed by atoms with E-state index in [-0.39, 0.29) is 11.8 Å². The van der Waals surface area contributed by atoms with Crippen LogP contribution in [-0.4, -0.2) is 40.1 Å². The number of hydrogen-bond acceptors (Lipinski definition) is 2. The van der Waals surface area contributed by atoms with Crippen LogP contribution in [0.4, 0.5) is 0 Å². The van der Waals surface area contributed by atoms with E-state index >= 15 is 0 Å². The van der Waals surface area contributed by atoms with Crippen molar-refractivity contribution in [2.45, 2.75) is 19.4 Å². The smallest absolute Gasteiger partial charge is 0.270 e. The number of likely N-dealkylation sites (tertiary alicyclic amines) is 1. The van der Waals surface area contributed by atoms with E-state index in [1.165, 1.54) is 0 Å². The zero-order valence-corrected chi connectivity index (χ0v) is 9.87. The Morgan fingerprint density at radius 1 is 1.69 bits per heavy atom. The minimum absolute atomic E-state index is 0.0992. The van der Waals surface area contributed by atoms with Crippen molar-refractivity contribution in [3.63, 3.8) is 0 Å². The van der Waals surface area contributed by atoms with Crippen molar-refractivity contribution in [2.75, 3.05) is 13.1 Å². The lowest BCUT2D eigenvalue weighted by Gasteiger charge is -2.34. The molecule has 4 nitrogen and oxygen atoms in total. The topological polar surface area (TPSA) is 56.3 Å². The molecule has 0 bridgehead atoms. The predicted molar refractivity (Wildman–Crippen MR) is 61.5 cm³/mol.